The maximum absolute atomic E-state index is 2.31. The summed E-state index contributed by atoms with van der Waals surface area (Å²) in [6, 6.07) is 0. The zero-order chi connectivity index (χ0) is 18.7. The molecule has 0 aromatic carbocycles. The van der Waals surface area contributed by atoms with Crippen LogP contribution in [0.1, 0.15) is 136 Å². The maximum atomic E-state index is 2.31. The van der Waals surface area contributed by atoms with Crippen LogP contribution >= 0.6 is 0 Å². The maximum Gasteiger partial charge on any atom is 0.0799 e. The number of rotatable bonds is 18. The van der Waals surface area contributed by atoms with E-state index in [0.717, 1.165) is 5.92 Å². The van der Waals surface area contributed by atoms with E-state index in [9.17, 15) is 0 Å². The van der Waals surface area contributed by atoms with Crippen molar-refractivity contribution in [1.29, 1.82) is 0 Å². The first kappa shape index (κ1) is 27.4. The minimum absolute atomic E-state index is 0. The zero-order valence-corrected chi connectivity index (χ0v) is 20.6. The molecule has 0 radical (unpaired) electrons. The molecule has 2 atom stereocenters. The van der Waals surface area contributed by atoms with E-state index in [1.54, 1.807) is 0 Å². The summed E-state index contributed by atoms with van der Waals surface area (Å²) < 4.78 is 0. The summed E-state index contributed by atoms with van der Waals surface area (Å²) in [5, 5.41) is 0. The summed E-state index contributed by atoms with van der Waals surface area (Å²) >= 11 is 0. The van der Waals surface area contributed by atoms with Crippen molar-refractivity contribution in [2.75, 3.05) is 19.6 Å². The third kappa shape index (κ3) is 17.0. The summed E-state index contributed by atoms with van der Waals surface area (Å²) in [5.74, 6) is 1.05. The number of hydrogen-bond acceptors (Lipinski definition) is 0. The van der Waals surface area contributed by atoms with E-state index >= 15 is 0 Å². The van der Waals surface area contributed by atoms with Crippen LogP contribution in [0.5, 0.6) is 0 Å². The molecule has 0 aromatic rings. The lowest BCUT2D eigenvalue weighted by Crippen LogP contribution is -3.13. The fraction of sp³-hybridized carbons (Fsp3) is 1.00. The van der Waals surface area contributed by atoms with Crippen LogP contribution in [-0.4, -0.2) is 19.6 Å². The van der Waals surface area contributed by atoms with Gasteiger partial charge in [-0.1, -0.05) is 104 Å². The Balaban J connectivity index is 0.00000676. The standard InChI is InChI=1S/C25H51N.BrH/c1-3-5-7-9-11-13-15-17-20-25-21-19-23-26(24-25)22-18-16-14-12-10-8-6-4-2;/h25H,3-24H2,1-2H3;1H. The molecule has 0 aromatic heterocycles. The number of hydrogen-bond donors (Lipinski definition) is 1. The summed E-state index contributed by atoms with van der Waals surface area (Å²) in [4.78, 5) is 1.94. The fourth-order valence-electron chi connectivity index (χ4n) is 4.80. The van der Waals surface area contributed by atoms with Gasteiger partial charge in [-0.2, -0.15) is 0 Å². The molecule has 2 heteroatoms. The minimum Gasteiger partial charge on any atom is -1.00 e. The fourth-order valence-corrected chi connectivity index (χ4v) is 4.80. The van der Waals surface area contributed by atoms with Gasteiger partial charge in [0.25, 0.3) is 0 Å². The molecular weight excluding hydrogens is 394 g/mol. The van der Waals surface area contributed by atoms with Gasteiger partial charge in [0.1, 0.15) is 0 Å². The number of quaternary nitrogens is 1. The Bertz CT molecular complexity index is 255. The van der Waals surface area contributed by atoms with Crippen molar-refractivity contribution in [1.82, 2.24) is 0 Å². The molecule has 1 aliphatic heterocycles. The average molecular weight is 447 g/mol. The molecule has 164 valence electrons. The highest BCUT2D eigenvalue weighted by atomic mass is 79.9. The molecular formula is C25H52BrN. The molecule has 0 amide bonds. The van der Waals surface area contributed by atoms with E-state index in [-0.39, 0.29) is 17.0 Å². The smallest absolute Gasteiger partial charge is 0.0799 e. The van der Waals surface area contributed by atoms with E-state index in [4.69, 9.17) is 0 Å². The number of likely N-dealkylation sites (tertiary alicyclic amines) is 1. The van der Waals surface area contributed by atoms with Crippen LogP contribution < -0.4 is 21.9 Å². The third-order valence-corrected chi connectivity index (χ3v) is 6.57. The van der Waals surface area contributed by atoms with Gasteiger partial charge in [0.15, 0.2) is 0 Å². The number of unbranched alkanes of at least 4 members (excludes halogenated alkanes) is 14. The van der Waals surface area contributed by atoms with Crippen molar-refractivity contribution in [3.63, 3.8) is 0 Å². The summed E-state index contributed by atoms with van der Waals surface area (Å²) in [6.45, 7) is 9.04. The summed E-state index contributed by atoms with van der Waals surface area (Å²) in [6.07, 6.45) is 28.0. The first-order valence-electron chi connectivity index (χ1n) is 12.7. The van der Waals surface area contributed by atoms with Crippen molar-refractivity contribution >= 4 is 0 Å². The van der Waals surface area contributed by atoms with Gasteiger partial charge >= 0.3 is 0 Å². The van der Waals surface area contributed by atoms with Gasteiger partial charge in [0.05, 0.1) is 19.6 Å². The van der Waals surface area contributed by atoms with Gasteiger partial charge in [0, 0.05) is 5.92 Å². The van der Waals surface area contributed by atoms with E-state index in [1.807, 2.05) is 4.90 Å². The molecule has 0 spiro atoms. The molecule has 1 rings (SSSR count). The molecule has 0 aliphatic carbocycles. The van der Waals surface area contributed by atoms with Gasteiger partial charge in [-0.05, 0) is 32.1 Å². The van der Waals surface area contributed by atoms with Crippen LogP contribution in [-0.2, 0) is 0 Å². The molecule has 1 fully saturated rings. The van der Waals surface area contributed by atoms with Crippen LogP contribution in [0.4, 0.5) is 0 Å². The lowest BCUT2D eigenvalue weighted by atomic mass is 9.92. The lowest BCUT2D eigenvalue weighted by Gasteiger charge is -2.30. The lowest BCUT2D eigenvalue weighted by molar-refractivity contribution is -0.909. The monoisotopic (exact) mass is 445 g/mol. The number of nitrogens with one attached hydrogen (secondary N) is 1. The Morgan fingerprint density at radius 2 is 1.11 bits per heavy atom. The minimum atomic E-state index is 0. The summed E-state index contributed by atoms with van der Waals surface area (Å²) in [7, 11) is 0. The Morgan fingerprint density at radius 3 is 1.67 bits per heavy atom. The second kappa shape index (κ2) is 21.2. The van der Waals surface area contributed by atoms with Crippen LogP contribution in [0.3, 0.4) is 0 Å². The highest BCUT2D eigenvalue weighted by Crippen LogP contribution is 2.17. The quantitative estimate of drug-likeness (QED) is 0.304. The Kier molecular flexibility index (Phi) is 21.5. The molecule has 1 saturated heterocycles. The number of piperidine rings is 1. The molecule has 0 bridgehead atoms. The van der Waals surface area contributed by atoms with Crippen LogP contribution in [0.15, 0.2) is 0 Å². The Morgan fingerprint density at radius 1 is 0.630 bits per heavy atom. The van der Waals surface area contributed by atoms with E-state index in [0.29, 0.717) is 0 Å². The molecule has 1 aliphatic rings. The van der Waals surface area contributed by atoms with Crippen molar-refractivity contribution in [3.05, 3.63) is 0 Å². The SMILES string of the molecule is CCCCCCCCCCC1CCC[NH+](CCCCCCCCCC)C1.[Br-]. The molecule has 1 nitrogen and oxygen atoms in total. The van der Waals surface area contributed by atoms with Gasteiger partial charge in [-0.25, -0.2) is 0 Å². The predicted molar refractivity (Wildman–Crippen MR) is 118 cm³/mol. The van der Waals surface area contributed by atoms with Crippen molar-refractivity contribution in [2.24, 2.45) is 5.92 Å². The molecule has 27 heavy (non-hydrogen) atoms. The normalized spacial score (nSPS) is 19.8. The predicted octanol–water partition coefficient (Wildman–Crippen LogP) is 3.96. The van der Waals surface area contributed by atoms with Crippen molar-refractivity contribution in [2.45, 2.75) is 136 Å². The second-order valence-electron chi connectivity index (χ2n) is 9.20. The van der Waals surface area contributed by atoms with Gasteiger partial charge < -0.3 is 21.9 Å². The molecule has 1 N–H and O–H groups in total. The van der Waals surface area contributed by atoms with Crippen LogP contribution in [0.25, 0.3) is 0 Å². The van der Waals surface area contributed by atoms with E-state index < -0.39 is 0 Å². The second-order valence-corrected chi connectivity index (χ2v) is 9.20. The van der Waals surface area contributed by atoms with Gasteiger partial charge in [-0.15, -0.1) is 0 Å². The molecule has 0 saturated carbocycles. The number of halogens is 1. The van der Waals surface area contributed by atoms with Crippen molar-refractivity contribution in [3.8, 4) is 0 Å². The van der Waals surface area contributed by atoms with Gasteiger partial charge in [0.2, 0.25) is 0 Å². The van der Waals surface area contributed by atoms with Crippen LogP contribution in [0, 0.1) is 5.92 Å². The first-order valence-corrected chi connectivity index (χ1v) is 12.7. The highest BCUT2D eigenvalue weighted by Gasteiger charge is 2.22. The average Bonchev–Trinajstić information content (AvgIpc) is 2.66. The van der Waals surface area contributed by atoms with Crippen molar-refractivity contribution < 1.29 is 21.9 Å². The van der Waals surface area contributed by atoms with Crippen LogP contribution in [0.2, 0.25) is 0 Å². The largest absolute Gasteiger partial charge is 1.00 e. The Hall–Kier alpha value is 0.440. The Labute approximate surface area is 183 Å². The third-order valence-electron chi connectivity index (χ3n) is 6.57. The van der Waals surface area contributed by atoms with Gasteiger partial charge in [-0.3, -0.25) is 0 Å². The first-order chi connectivity index (χ1) is 12.9. The molecule has 2 unspecified atom stereocenters. The molecule has 1 heterocycles. The topological polar surface area (TPSA) is 4.44 Å². The summed E-state index contributed by atoms with van der Waals surface area (Å²) in [5.41, 5.74) is 0. The van der Waals surface area contributed by atoms with E-state index in [2.05, 4.69) is 13.8 Å². The highest BCUT2D eigenvalue weighted by molar-refractivity contribution is 4.62. The van der Waals surface area contributed by atoms with E-state index in [1.165, 1.54) is 142 Å². The zero-order valence-electron chi connectivity index (χ0n) is 19.0.